The molecule has 0 radical (unpaired) electrons. The molecule has 3 aromatic rings. The van der Waals surface area contributed by atoms with Crippen LogP contribution in [0.4, 0.5) is 13.9 Å². The first-order valence-corrected chi connectivity index (χ1v) is 9.99. The Balaban J connectivity index is 1.58. The van der Waals surface area contributed by atoms with E-state index in [1.165, 1.54) is 32.3 Å². The normalized spacial score (nSPS) is 11.9. The third-order valence-corrected chi connectivity index (χ3v) is 4.91. The lowest BCUT2D eigenvalue weighted by atomic mass is 10.2. The van der Waals surface area contributed by atoms with Crippen molar-refractivity contribution >= 4 is 34.4 Å². The van der Waals surface area contributed by atoms with Crippen molar-refractivity contribution < 1.29 is 27.8 Å². The lowest BCUT2D eigenvalue weighted by Gasteiger charge is -2.11. The summed E-state index contributed by atoms with van der Waals surface area (Å²) in [5, 5.41) is 4.36. The summed E-state index contributed by atoms with van der Waals surface area (Å²) in [7, 11) is 1.52. The van der Waals surface area contributed by atoms with Gasteiger partial charge in [-0.3, -0.25) is 10.1 Å². The molecule has 0 spiro atoms. The topological polar surface area (TPSA) is 77.5 Å². The third-order valence-electron chi connectivity index (χ3n) is 4.15. The number of nitrogens with zero attached hydrogens (tertiary/aromatic N) is 1. The fourth-order valence-corrected chi connectivity index (χ4v) is 3.28. The van der Waals surface area contributed by atoms with Crippen molar-refractivity contribution in [3.63, 3.8) is 0 Å². The number of aromatic nitrogens is 1. The second kappa shape index (κ2) is 9.94. The van der Waals surface area contributed by atoms with Gasteiger partial charge < -0.3 is 9.47 Å². The summed E-state index contributed by atoms with van der Waals surface area (Å²) in [6.45, 7) is 1.42. The molecule has 1 aromatic heterocycles. The van der Waals surface area contributed by atoms with Crippen LogP contribution in [0.5, 0.6) is 5.75 Å². The van der Waals surface area contributed by atoms with E-state index in [1.807, 2.05) is 0 Å². The fraction of sp³-hybridized carbons (Fsp3) is 0.136. The number of esters is 1. The molecule has 0 aliphatic carbocycles. The quantitative estimate of drug-likeness (QED) is 0.423. The number of rotatable bonds is 7. The van der Waals surface area contributed by atoms with Gasteiger partial charge in [-0.15, -0.1) is 11.3 Å². The molecule has 0 fully saturated rings. The minimum absolute atomic E-state index is 0.234. The number of amides is 1. The molecule has 1 atom stereocenters. The number of ether oxygens (including phenoxy) is 2. The highest BCUT2D eigenvalue weighted by atomic mass is 32.1. The van der Waals surface area contributed by atoms with Crippen LogP contribution in [0.2, 0.25) is 0 Å². The second-order valence-electron chi connectivity index (χ2n) is 6.31. The van der Waals surface area contributed by atoms with E-state index < -0.39 is 29.6 Å². The van der Waals surface area contributed by atoms with Crippen molar-refractivity contribution in [3.8, 4) is 17.0 Å². The molecule has 6 nitrogen and oxygen atoms in total. The van der Waals surface area contributed by atoms with Crippen molar-refractivity contribution in [1.82, 2.24) is 4.98 Å². The molecule has 3 rings (SSSR count). The van der Waals surface area contributed by atoms with Gasteiger partial charge in [0, 0.05) is 22.6 Å². The fourth-order valence-electron chi connectivity index (χ4n) is 2.56. The van der Waals surface area contributed by atoms with Crippen LogP contribution in [0.25, 0.3) is 17.3 Å². The molecule has 0 bridgehead atoms. The molecule has 1 N–H and O–H groups in total. The first kappa shape index (κ1) is 22.1. The number of carbonyl (C=O) groups excluding carboxylic acids is 2. The number of hydrogen-bond donors (Lipinski definition) is 1. The third kappa shape index (κ3) is 5.73. The summed E-state index contributed by atoms with van der Waals surface area (Å²) < 4.78 is 36.8. The van der Waals surface area contributed by atoms with Crippen molar-refractivity contribution in [2.45, 2.75) is 13.0 Å². The predicted molar refractivity (Wildman–Crippen MR) is 114 cm³/mol. The maximum atomic E-state index is 13.4. The maximum absolute atomic E-state index is 13.4. The van der Waals surface area contributed by atoms with Gasteiger partial charge in [0.1, 0.15) is 5.75 Å². The number of anilines is 1. The van der Waals surface area contributed by atoms with Gasteiger partial charge in [0.25, 0.3) is 5.91 Å². The van der Waals surface area contributed by atoms with E-state index >= 15 is 0 Å². The largest absolute Gasteiger partial charge is 0.496 e. The number of halogens is 2. The summed E-state index contributed by atoms with van der Waals surface area (Å²) in [6.07, 6.45) is 1.65. The first-order chi connectivity index (χ1) is 14.9. The Kier molecular flexibility index (Phi) is 7.09. The lowest BCUT2D eigenvalue weighted by Crippen LogP contribution is -2.29. The van der Waals surface area contributed by atoms with Gasteiger partial charge in [0.2, 0.25) is 0 Å². The van der Waals surface area contributed by atoms with Gasteiger partial charge in [0.15, 0.2) is 22.9 Å². The molecule has 0 aliphatic heterocycles. The Labute approximate surface area is 181 Å². The highest BCUT2D eigenvalue weighted by molar-refractivity contribution is 7.14. The zero-order valence-electron chi connectivity index (χ0n) is 16.6. The van der Waals surface area contributed by atoms with E-state index in [1.54, 1.807) is 29.6 Å². The summed E-state index contributed by atoms with van der Waals surface area (Å²) in [5.74, 6) is -2.63. The zero-order valence-corrected chi connectivity index (χ0v) is 17.4. The highest BCUT2D eigenvalue weighted by Gasteiger charge is 2.18. The summed E-state index contributed by atoms with van der Waals surface area (Å²) >= 11 is 1.10. The van der Waals surface area contributed by atoms with Crippen LogP contribution >= 0.6 is 11.3 Å². The van der Waals surface area contributed by atoms with Crippen molar-refractivity contribution in [2.24, 2.45) is 0 Å². The predicted octanol–water partition coefficient (Wildman–Crippen LogP) is 4.68. The molecular weight excluding hydrogens is 426 g/mol. The molecule has 31 heavy (non-hydrogen) atoms. The van der Waals surface area contributed by atoms with Gasteiger partial charge in [-0.05, 0) is 37.3 Å². The minimum atomic E-state index is -1.08. The molecule has 1 unspecified atom stereocenters. The average Bonchev–Trinajstić information content (AvgIpc) is 3.22. The maximum Gasteiger partial charge on any atom is 0.331 e. The average molecular weight is 444 g/mol. The van der Waals surface area contributed by atoms with E-state index in [0.717, 1.165) is 23.5 Å². The van der Waals surface area contributed by atoms with Crippen LogP contribution in [0.1, 0.15) is 12.5 Å². The molecule has 1 heterocycles. The Morgan fingerprint density at radius 3 is 2.68 bits per heavy atom. The van der Waals surface area contributed by atoms with E-state index in [9.17, 15) is 18.4 Å². The number of para-hydroxylation sites is 1. The van der Waals surface area contributed by atoms with Crippen molar-refractivity contribution in [2.75, 3.05) is 12.4 Å². The van der Waals surface area contributed by atoms with E-state index in [4.69, 9.17) is 9.47 Å². The van der Waals surface area contributed by atoms with Crippen LogP contribution in [0.3, 0.4) is 0 Å². The molecular formula is C22H18F2N2O4S. The van der Waals surface area contributed by atoms with Gasteiger partial charge in [-0.2, -0.15) is 0 Å². The SMILES string of the molecule is COc1ccccc1C=CC(=O)OC(C)C(=O)Nc1nc(-c2ccc(F)c(F)c2)cs1. The Morgan fingerprint density at radius 2 is 1.94 bits per heavy atom. The zero-order chi connectivity index (χ0) is 22.4. The number of benzene rings is 2. The molecule has 2 aromatic carbocycles. The first-order valence-electron chi connectivity index (χ1n) is 9.11. The molecule has 0 saturated carbocycles. The monoisotopic (exact) mass is 444 g/mol. The van der Waals surface area contributed by atoms with Crippen LogP contribution in [0.15, 0.2) is 53.9 Å². The second-order valence-corrected chi connectivity index (χ2v) is 7.17. The van der Waals surface area contributed by atoms with Crippen molar-refractivity contribution in [1.29, 1.82) is 0 Å². The van der Waals surface area contributed by atoms with Crippen LogP contribution < -0.4 is 10.1 Å². The highest BCUT2D eigenvalue weighted by Crippen LogP contribution is 2.26. The Hall–Kier alpha value is -3.59. The number of thiazole rings is 1. The van der Waals surface area contributed by atoms with E-state index in [-0.39, 0.29) is 5.13 Å². The lowest BCUT2D eigenvalue weighted by molar-refractivity contribution is -0.148. The minimum Gasteiger partial charge on any atom is -0.496 e. The number of nitrogens with one attached hydrogen (secondary N) is 1. The van der Waals surface area contributed by atoms with Crippen LogP contribution in [0, 0.1) is 11.6 Å². The molecule has 0 saturated heterocycles. The Bertz CT molecular complexity index is 1130. The van der Waals surface area contributed by atoms with Crippen LogP contribution in [-0.2, 0) is 14.3 Å². The number of carbonyl (C=O) groups is 2. The summed E-state index contributed by atoms with van der Waals surface area (Å²) in [5.41, 5.74) is 1.44. The summed E-state index contributed by atoms with van der Waals surface area (Å²) in [6, 6.07) is 10.5. The molecule has 9 heteroatoms. The number of methoxy groups -OCH3 is 1. The Morgan fingerprint density at radius 1 is 1.16 bits per heavy atom. The van der Waals surface area contributed by atoms with Crippen molar-refractivity contribution in [3.05, 3.63) is 71.1 Å². The van der Waals surface area contributed by atoms with E-state index in [0.29, 0.717) is 22.6 Å². The van der Waals surface area contributed by atoms with Gasteiger partial charge in [-0.1, -0.05) is 18.2 Å². The van der Waals surface area contributed by atoms with E-state index in [2.05, 4.69) is 10.3 Å². The molecule has 160 valence electrons. The van der Waals surface area contributed by atoms with Crippen LogP contribution in [-0.4, -0.2) is 30.1 Å². The molecule has 0 aliphatic rings. The molecule has 1 amide bonds. The smallest absolute Gasteiger partial charge is 0.331 e. The number of hydrogen-bond acceptors (Lipinski definition) is 6. The summed E-state index contributed by atoms with van der Waals surface area (Å²) in [4.78, 5) is 28.5. The van der Waals surface area contributed by atoms with Gasteiger partial charge >= 0.3 is 5.97 Å². The van der Waals surface area contributed by atoms with Gasteiger partial charge in [-0.25, -0.2) is 18.6 Å². The van der Waals surface area contributed by atoms with Gasteiger partial charge in [0.05, 0.1) is 12.8 Å². The standard InChI is InChI=1S/C22H18F2N2O4S/c1-13(30-20(27)10-8-14-5-3-4-6-19(14)29-2)21(28)26-22-25-18(12-31-22)15-7-9-16(23)17(24)11-15/h3-13H,1-2H3,(H,25,26,28).